The Morgan fingerprint density at radius 2 is 1.73 bits per heavy atom. The molecule has 0 radical (unpaired) electrons. The first-order valence-corrected chi connectivity index (χ1v) is 9.58. The van der Waals surface area contributed by atoms with Crippen LogP contribution in [-0.2, 0) is 11.4 Å². The van der Waals surface area contributed by atoms with Crippen LogP contribution in [0.2, 0.25) is 10.0 Å². The van der Waals surface area contributed by atoms with Crippen molar-refractivity contribution in [3.05, 3.63) is 93.5 Å². The van der Waals surface area contributed by atoms with Gasteiger partial charge in [-0.1, -0.05) is 46.6 Å². The Morgan fingerprint density at radius 3 is 2.43 bits per heavy atom. The molecule has 0 bridgehead atoms. The van der Waals surface area contributed by atoms with Crippen LogP contribution in [0.1, 0.15) is 21.5 Å². The summed E-state index contributed by atoms with van der Waals surface area (Å²) in [4.78, 5) is 17.2. The molecule has 30 heavy (non-hydrogen) atoms. The zero-order valence-electron chi connectivity index (χ0n) is 16.0. The molecule has 0 unspecified atom stereocenters. The number of benzene rings is 3. The summed E-state index contributed by atoms with van der Waals surface area (Å²) in [7, 11) is 1.49. The number of methoxy groups -OCH3 is 1. The first-order chi connectivity index (χ1) is 14.5. The normalized spacial score (nSPS) is 11.1. The van der Waals surface area contributed by atoms with Gasteiger partial charge in [0.05, 0.1) is 18.2 Å². The van der Waals surface area contributed by atoms with E-state index >= 15 is 0 Å². The lowest BCUT2D eigenvalue weighted by Crippen LogP contribution is -2.16. The van der Waals surface area contributed by atoms with Crippen LogP contribution < -0.4 is 15.2 Å². The lowest BCUT2D eigenvalue weighted by atomic mass is 10.1. The molecule has 0 aromatic heterocycles. The van der Waals surface area contributed by atoms with Crippen LogP contribution >= 0.6 is 23.2 Å². The summed E-state index contributed by atoms with van der Waals surface area (Å²) in [6.07, 6.45) is 0. The van der Waals surface area contributed by atoms with Gasteiger partial charge in [0.15, 0.2) is 5.84 Å². The summed E-state index contributed by atoms with van der Waals surface area (Å²) in [5, 5.41) is 4.74. The predicted molar refractivity (Wildman–Crippen MR) is 116 cm³/mol. The summed E-state index contributed by atoms with van der Waals surface area (Å²) in [5.41, 5.74) is 7.52. The minimum absolute atomic E-state index is 0.0331. The van der Waals surface area contributed by atoms with Crippen LogP contribution in [0.25, 0.3) is 0 Å². The minimum Gasteiger partial charge on any atom is -0.496 e. The van der Waals surface area contributed by atoms with Gasteiger partial charge in [-0.05, 0) is 54.1 Å². The Balaban J connectivity index is 1.62. The smallest absolute Gasteiger partial charge is 0.365 e. The second-order valence-electron chi connectivity index (χ2n) is 6.14. The van der Waals surface area contributed by atoms with Crippen molar-refractivity contribution in [2.24, 2.45) is 10.9 Å². The van der Waals surface area contributed by atoms with Crippen molar-refractivity contribution in [3.63, 3.8) is 0 Å². The van der Waals surface area contributed by atoms with Gasteiger partial charge in [0.2, 0.25) is 0 Å². The molecule has 0 fully saturated rings. The highest BCUT2D eigenvalue weighted by atomic mass is 35.5. The van der Waals surface area contributed by atoms with Gasteiger partial charge in [-0.25, -0.2) is 4.79 Å². The summed E-state index contributed by atoms with van der Waals surface area (Å²) in [5.74, 6) is 0.434. The number of nitrogens with two attached hydrogens (primary N) is 1. The third-order valence-electron chi connectivity index (χ3n) is 4.06. The predicted octanol–water partition coefficient (Wildman–Crippen LogP) is 5.06. The van der Waals surface area contributed by atoms with Crippen molar-refractivity contribution >= 4 is 35.0 Å². The van der Waals surface area contributed by atoms with E-state index in [1.807, 2.05) is 12.1 Å². The van der Waals surface area contributed by atoms with Gasteiger partial charge in [0, 0.05) is 10.0 Å². The van der Waals surface area contributed by atoms with Gasteiger partial charge in [0.25, 0.3) is 0 Å². The number of oxime groups is 1. The third kappa shape index (κ3) is 5.65. The molecule has 0 saturated carbocycles. The zero-order valence-corrected chi connectivity index (χ0v) is 17.5. The first-order valence-electron chi connectivity index (χ1n) is 8.82. The highest BCUT2D eigenvalue weighted by Crippen LogP contribution is 2.22. The van der Waals surface area contributed by atoms with Gasteiger partial charge < -0.3 is 20.0 Å². The molecule has 3 aromatic rings. The second-order valence-corrected chi connectivity index (χ2v) is 7.02. The molecule has 0 spiro atoms. The Kier molecular flexibility index (Phi) is 7.17. The lowest BCUT2D eigenvalue weighted by Gasteiger charge is -2.08. The fourth-order valence-corrected chi connectivity index (χ4v) is 2.89. The molecular formula is C22H18Cl2N2O4. The summed E-state index contributed by atoms with van der Waals surface area (Å²) >= 11 is 11.9. The van der Waals surface area contributed by atoms with Crippen LogP contribution in [0.4, 0.5) is 0 Å². The lowest BCUT2D eigenvalue weighted by molar-refractivity contribution is 0.0516. The summed E-state index contributed by atoms with van der Waals surface area (Å²) in [6.45, 7) is 0.329. The molecule has 0 amide bonds. The monoisotopic (exact) mass is 444 g/mol. The topological polar surface area (TPSA) is 83.1 Å². The van der Waals surface area contributed by atoms with Gasteiger partial charge in [-0.15, -0.1) is 0 Å². The Bertz CT molecular complexity index is 1070. The van der Waals surface area contributed by atoms with Crippen molar-refractivity contribution in [1.82, 2.24) is 0 Å². The molecule has 0 heterocycles. The molecule has 0 aliphatic heterocycles. The highest BCUT2D eigenvalue weighted by molar-refractivity contribution is 6.31. The van der Waals surface area contributed by atoms with E-state index in [-0.39, 0.29) is 5.84 Å². The molecular weight excluding hydrogens is 427 g/mol. The maximum Gasteiger partial charge on any atom is 0.365 e. The molecule has 0 atom stereocenters. The number of halogens is 2. The molecule has 154 valence electrons. The van der Waals surface area contributed by atoms with Crippen LogP contribution in [0, 0.1) is 0 Å². The number of rotatable bonds is 7. The van der Waals surface area contributed by atoms with Gasteiger partial charge in [0.1, 0.15) is 18.1 Å². The summed E-state index contributed by atoms with van der Waals surface area (Å²) in [6, 6.07) is 18.7. The zero-order chi connectivity index (χ0) is 21.5. The number of hydrogen-bond acceptors (Lipinski definition) is 5. The van der Waals surface area contributed by atoms with Gasteiger partial charge in [-0.3, -0.25) is 0 Å². The number of carbonyl (C=O) groups excluding carboxylic acids is 1. The van der Waals surface area contributed by atoms with E-state index in [1.165, 1.54) is 7.11 Å². The number of ether oxygens (including phenoxy) is 2. The van der Waals surface area contributed by atoms with E-state index in [9.17, 15) is 4.79 Å². The largest absolute Gasteiger partial charge is 0.496 e. The SMILES string of the molecule is COc1ccc(Cl)cc1/C(N)=N/OC(=O)c1ccc(COc2cccc(Cl)c2)cc1. The fourth-order valence-electron chi connectivity index (χ4n) is 2.53. The fraction of sp³-hybridized carbons (Fsp3) is 0.0909. The van der Waals surface area contributed by atoms with Crippen LogP contribution in [0.3, 0.4) is 0 Å². The van der Waals surface area contributed by atoms with Gasteiger partial charge in [-0.2, -0.15) is 0 Å². The standard InChI is InChI=1S/C22H18Cl2N2O4/c1-28-20-10-9-17(24)12-19(20)21(25)26-30-22(27)15-7-5-14(6-8-15)13-29-18-4-2-3-16(23)11-18/h2-12H,13H2,1H3,(H2,25,26). The van der Waals surface area contributed by atoms with E-state index < -0.39 is 5.97 Å². The van der Waals surface area contributed by atoms with Crippen molar-refractivity contribution in [3.8, 4) is 11.5 Å². The molecule has 0 aliphatic carbocycles. The average molecular weight is 445 g/mol. The Labute approximate surface area is 183 Å². The van der Waals surface area contributed by atoms with Crippen LogP contribution in [0.5, 0.6) is 11.5 Å². The number of hydrogen-bond donors (Lipinski definition) is 1. The number of carbonyl (C=O) groups is 1. The molecule has 0 saturated heterocycles. The molecule has 6 nitrogen and oxygen atoms in total. The number of amidine groups is 1. The third-order valence-corrected chi connectivity index (χ3v) is 4.53. The second kappa shape index (κ2) is 10.0. The highest BCUT2D eigenvalue weighted by Gasteiger charge is 2.12. The quantitative estimate of drug-likeness (QED) is 0.238. The van der Waals surface area contributed by atoms with E-state index in [2.05, 4.69) is 5.16 Å². The number of nitrogens with zero attached hydrogens (tertiary/aromatic N) is 1. The average Bonchev–Trinajstić information content (AvgIpc) is 2.76. The summed E-state index contributed by atoms with van der Waals surface area (Å²) < 4.78 is 10.9. The van der Waals surface area contributed by atoms with Crippen LogP contribution in [0.15, 0.2) is 71.9 Å². The first kappa shape index (κ1) is 21.5. The van der Waals surface area contributed by atoms with E-state index in [4.69, 9.17) is 43.2 Å². The van der Waals surface area contributed by atoms with Crippen molar-refractivity contribution < 1.29 is 19.1 Å². The van der Waals surface area contributed by atoms with Gasteiger partial charge >= 0.3 is 5.97 Å². The van der Waals surface area contributed by atoms with Crippen molar-refractivity contribution in [2.45, 2.75) is 6.61 Å². The molecule has 0 aliphatic rings. The molecule has 8 heteroatoms. The van der Waals surface area contributed by atoms with E-state index in [0.717, 1.165) is 5.56 Å². The Morgan fingerprint density at radius 1 is 1.00 bits per heavy atom. The maximum absolute atomic E-state index is 12.2. The Hall–Kier alpha value is -3.22. The van der Waals surface area contributed by atoms with E-state index in [0.29, 0.717) is 39.3 Å². The maximum atomic E-state index is 12.2. The van der Waals surface area contributed by atoms with Crippen molar-refractivity contribution in [2.75, 3.05) is 7.11 Å². The van der Waals surface area contributed by atoms with Crippen molar-refractivity contribution in [1.29, 1.82) is 0 Å². The van der Waals surface area contributed by atoms with Crippen LogP contribution in [-0.4, -0.2) is 18.9 Å². The minimum atomic E-state index is -0.652. The molecule has 3 aromatic carbocycles. The van der Waals surface area contributed by atoms with E-state index in [1.54, 1.807) is 54.6 Å². The molecule has 3 rings (SSSR count). The molecule has 2 N–H and O–H groups in total.